The molecule has 0 spiro atoms. The van der Waals surface area contributed by atoms with Gasteiger partial charge in [-0.05, 0) is 19.8 Å². The summed E-state index contributed by atoms with van der Waals surface area (Å²) in [6.07, 6.45) is 15.8. The Balaban J connectivity index is 0. The third kappa shape index (κ3) is 28.1. The number of rotatable bonds is 15. The van der Waals surface area contributed by atoms with E-state index in [0.717, 1.165) is 13.2 Å². The average molecular weight is 319 g/mol. The predicted molar refractivity (Wildman–Crippen MR) is 96.3 cm³/mol. The zero-order valence-electron chi connectivity index (χ0n) is 15.5. The van der Waals surface area contributed by atoms with Gasteiger partial charge in [0, 0.05) is 13.2 Å². The highest BCUT2D eigenvalue weighted by Crippen LogP contribution is 2.06. The van der Waals surface area contributed by atoms with Crippen LogP contribution in [0.4, 0.5) is 0 Å². The molecule has 0 radical (unpaired) electrons. The van der Waals surface area contributed by atoms with Crippen LogP contribution in [0.5, 0.6) is 0 Å². The van der Waals surface area contributed by atoms with Crippen molar-refractivity contribution in [2.45, 2.75) is 104 Å². The second-order valence-corrected chi connectivity index (χ2v) is 6.18. The average Bonchev–Trinajstić information content (AvgIpc) is 2.52. The van der Waals surface area contributed by atoms with E-state index in [1.54, 1.807) is 0 Å². The van der Waals surface area contributed by atoms with Crippen molar-refractivity contribution in [3.05, 3.63) is 0 Å². The molecule has 0 heterocycles. The highest BCUT2D eigenvalue weighted by Gasteiger charge is 1.92. The van der Waals surface area contributed by atoms with Crippen molar-refractivity contribution in [2.24, 2.45) is 0 Å². The smallest absolute Gasteiger partial charge is 0.0742 e. The Morgan fingerprint density at radius 3 is 1.32 bits per heavy atom. The molecule has 1 atom stereocenters. The number of ether oxygens (including phenoxy) is 1. The fourth-order valence-corrected chi connectivity index (χ4v) is 2.07. The molecule has 3 nitrogen and oxygen atoms in total. The van der Waals surface area contributed by atoms with E-state index in [2.05, 4.69) is 13.8 Å². The Bertz CT molecular complexity index is 158. The molecule has 0 aliphatic rings. The van der Waals surface area contributed by atoms with E-state index in [4.69, 9.17) is 14.9 Å². The highest BCUT2D eigenvalue weighted by molar-refractivity contribution is 4.45. The Kier molecular flexibility index (Phi) is 25.4. The lowest BCUT2D eigenvalue weighted by Crippen LogP contribution is -2.03. The first kappa shape index (κ1) is 24.1. The summed E-state index contributed by atoms with van der Waals surface area (Å²) < 4.78 is 5.65. The van der Waals surface area contributed by atoms with Gasteiger partial charge < -0.3 is 14.9 Å². The van der Waals surface area contributed by atoms with Crippen LogP contribution in [0.25, 0.3) is 0 Å². The Morgan fingerprint density at radius 2 is 1.00 bits per heavy atom. The molecule has 1 unspecified atom stereocenters. The molecule has 0 bridgehead atoms. The lowest BCUT2D eigenvalue weighted by atomic mass is 10.1. The molecular formula is C19H42O3. The van der Waals surface area contributed by atoms with Gasteiger partial charge in [-0.15, -0.1) is 0 Å². The number of hydrogen-bond acceptors (Lipinski definition) is 3. The quantitative estimate of drug-likeness (QED) is 0.414. The third-order valence-corrected chi connectivity index (χ3v) is 3.55. The van der Waals surface area contributed by atoms with E-state index in [9.17, 15) is 0 Å². The van der Waals surface area contributed by atoms with Gasteiger partial charge in [0.25, 0.3) is 0 Å². The minimum absolute atomic E-state index is 0.139. The first-order valence-corrected chi connectivity index (χ1v) is 9.55. The first-order valence-electron chi connectivity index (χ1n) is 9.55. The van der Waals surface area contributed by atoms with Crippen LogP contribution in [0.3, 0.4) is 0 Å². The summed E-state index contributed by atoms with van der Waals surface area (Å²) in [6.45, 7) is 7.90. The van der Waals surface area contributed by atoms with E-state index < -0.39 is 6.10 Å². The summed E-state index contributed by atoms with van der Waals surface area (Å²) in [6, 6.07) is 0. The van der Waals surface area contributed by atoms with Crippen molar-refractivity contribution in [3.8, 4) is 0 Å². The molecule has 0 saturated carbocycles. The topological polar surface area (TPSA) is 49.7 Å². The van der Waals surface area contributed by atoms with Gasteiger partial charge in [-0.2, -0.15) is 0 Å². The molecule has 0 rings (SSSR count). The number of aliphatic hydroxyl groups excluding tert-OH is 2. The standard InChI is InChI=1S/C16H34O.C3H8O2/c1-3-5-7-9-11-13-15-17-16-14-12-10-8-6-4-2;1-3(5)2-4/h3-16H2,1-2H3;3-5H,2H2,1H3. The number of hydrogen-bond donors (Lipinski definition) is 2. The molecule has 0 aromatic heterocycles. The van der Waals surface area contributed by atoms with Crippen LogP contribution in [-0.4, -0.2) is 36.1 Å². The molecule has 0 saturated heterocycles. The molecule has 0 amide bonds. The summed E-state index contributed by atoms with van der Waals surface area (Å²) in [5.41, 5.74) is 0. The van der Waals surface area contributed by atoms with Gasteiger partial charge in [0.15, 0.2) is 0 Å². The molecule has 136 valence electrons. The van der Waals surface area contributed by atoms with Gasteiger partial charge in [-0.1, -0.05) is 78.1 Å². The highest BCUT2D eigenvalue weighted by atomic mass is 16.5. The SMILES string of the molecule is CC(O)CO.CCCCCCCCOCCCCCCCC. The van der Waals surface area contributed by atoms with E-state index in [1.165, 1.54) is 84.0 Å². The molecule has 22 heavy (non-hydrogen) atoms. The molecule has 0 aromatic carbocycles. The minimum atomic E-state index is -0.560. The third-order valence-electron chi connectivity index (χ3n) is 3.55. The van der Waals surface area contributed by atoms with E-state index in [-0.39, 0.29) is 6.61 Å². The maximum atomic E-state index is 8.11. The van der Waals surface area contributed by atoms with Crippen molar-refractivity contribution in [2.75, 3.05) is 19.8 Å². The first-order chi connectivity index (χ1) is 10.7. The van der Waals surface area contributed by atoms with Gasteiger partial charge in [0.1, 0.15) is 0 Å². The summed E-state index contributed by atoms with van der Waals surface area (Å²) in [5, 5.41) is 16.0. The Morgan fingerprint density at radius 1 is 0.682 bits per heavy atom. The minimum Gasteiger partial charge on any atom is -0.394 e. The fourth-order valence-electron chi connectivity index (χ4n) is 2.07. The van der Waals surface area contributed by atoms with Gasteiger partial charge in [0.2, 0.25) is 0 Å². The van der Waals surface area contributed by atoms with Gasteiger partial charge in [-0.25, -0.2) is 0 Å². The summed E-state index contributed by atoms with van der Waals surface area (Å²) in [4.78, 5) is 0. The second kappa shape index (κ2) is 23.2. The summed E-state index contributed by atoms with van der Waals surface area (Å²) in [7, 11) is 0. The summed E-state index contributed by atoms with van der Waals surface area (Å²) >= 11 is 0. The largest absolute Gasteiger partial charge is 0.394 e. The van der Waals surface area contributed by atoms with Crippen LogP contribution in [0.2, 0.25) is 0 Å². The van der Waals surface area contributed by atoms with Crippen LogP contribution in [0, 0.1) is 0 Å². The maximum Gasteiger partial charge on any atom is 0.0742 e. The van der Waals surface area contributed by atoms with Crippen molar-refractivity contribution < 1.29 is 14.9 Å². The van der Waals surface area contributed by atoms with Gasteiger partial charge in [-0.3, -0.25) is 0 Å². The van der Waals surface area contributed by atoms with Crippen molar-refractivity contribution in [3.63, 3.8) is 0 Å². The second-order valence-electron chi connectivity index (χ2n) is 6.18. The monoisotopic (exact) mass is 318 g/mol. The van der Waals surface area contributed by atoms with Gasteiger partial charge >= 0.3 is 0 Å². The Labute approximate surface area is 139 Å². The van der Waals surface area contributed by atoms with Crippen molar-refractivity contribution >= 4 is 0 Å². The van der Waals surface area contributed by atoms with Crippen LogP contribution in [0.15, 0.2) is 0 Å². The lowest BCUT2D eigenvalue weighted by molar-refractivity contribution is 0.110. The van der Waals surface area contributed by atoms with Gasteiger partial charge in [0.05, 0.1) is 12.7 Å². The summed E-state index contributed by atoms with van der Waals surface area (Å²) in [5.74, 6) is 0. The zero-order valence-corrected chi connectivity index (χ0v) is 15.5. The Hall–Kier alpha value is -0.120. The maximum absolute atomic E-state index is 8.11. The molecular weight excluding hydrogens is 276 g/mol. The molecule has 2 N–H and O–H groups in total. The fraction of sp³-hybridized carbons (Fsp3) is 1.00. The number of unbranched alkanes of at least 4 members (excludes halogenated alkanes) is 10. The number of aliphatic hydroxyl groups is 2. The molecule has 0 aromatic rings. The zero-order chi connectivity index (χ0) is 16.9. The van der Waals surface area contributed by atoms with Crippen molar-refractivity contribution in [1.82, 2.24) is 0 Å². The van der Waals surface area contributed by atoms with Crippen LogP contribution in [0.1, 0.15) is 97.8 Å². The molecule has 0 fully saturated rings. The van der Waals surface area contributed by atoms with E-state index in [0.29, 0.717) is 0 Å². The van der Waals surface area contributed by atoms with Crippen LogP contribution < -0.4 is 0 Å². The molecule has 0 aliphatic carbocycles. The lowest BCUT2D eigenvalue weighted by Gasteiger charge is -2.04. The van der Waals surface area contributed by atoms with Crippen LogP contribution in [-0.2, 0) is 4.74 Å². The molecule has 0 aliphatic heterocycles. The normalized spacial score (nSPS) is 11.9. The van der Waals surface area contributed by atoms with Crippen LogP contribution >= 0.6 is 0 Å². The molecule has 3 heteroatoms. The van der Waals surface area contributed by atoms with E-state index in [1.807, 2.05) is 0 Å². The predicted octanol–water partition coefficient (Wildman–Crippen LogP) is 5.08. The van der Waals surface area contributed by atoms with Crippen molar-refractivity contribution in [1.29, 1.82) is 0 Å². The van der Waals surface area contributed by atoms with E-state index >= 15 is 0 Å².